The van der Waals surface area contributed by atoms with Gasteiger partial charge in [0.2, 0.25) is 5.91 Å². The number of rotatable bonds is 5. The summed E-state index contributed by atoms with van der Waals surface area (Å²) in [6, 6.07) is 8.16. The van der Waals surface area contributed by atoms with Crippen LogP contribution in [0.3, 0.4) is 0 Å². The first kappa shape index (κ1) is 16.0. The number of benzene rings is 1. The third-order valence-electron chi connectivity index (χ3n) is 4.26. The summed E-state index contributed by atoms with van der Waals surface area (Å²) in [6.07, 6.45) is 3.72. The minimum absolute atomic E-state index is 0.0458. The van der Waals surface area contributed by atoms with E-state index in [9.17, 15) is 4.79 Å². The lowest BCUT2D eigenvalue weighted by Gasteiger charge is -2.17. The molecule has 1 saturated heterocycles. The van der Waals surface area contributed by atoms with E-state index in [0.717, 1.165) is 29.5 Å². The van der Waals surface area contributed by atoms with E-state index in [2.05, 4.69) is 34.3 Å². The first-order valence-electron chi connectivity index (χ1n) is 8.19. The molecule has 1 aliphatic heterocycles. The van der Waals surface area contributed by atoms with E-state index in [4.69, 9.17) is 0 Å². The molecule has 0 bridgehead atoms. The lowest BCUT2D eigenvalue weighted by atomic mass is 10.2. The zero-order valence-corrected chi connectivity index (χ0v) is 14.6. The molecular formula is C18H23N3OS. The van der Waals surface area contributed by atoms with Gasteiger partial charge in [-0.3, -0.25) is 4.79 Å². The molecule has 122 valence electrons. The highest BCUT2D eigenvalue weighted by atomic mass is 32.1. The lowest BCUT2D eigenvalue weighted by Crippen LogP contribution is -2.17. The van der Waals surface area contributed by atoms with Crippen molar-refractivity contribution in [2.75, 3.05) is 23.3 Å². The van der Waals surface area contributed by atoms with Crippen LogP contribution in [0.25, 0.3) is 0 Å². The van der Waals surface area contributed by atoms with Crippen LogP contribution in [0.1, 0.15) is 34.8 Å². The van der Waals surface area contributed by atoms with Crippen molar-refractivity contribution in [3.63, 3.8) is 0 Å². The molecule has 1 aliphatic rings. The summed E-state index contributed by atoms with van der Waals surface area (Å²) in [7, 11) is 0. The fourth-order valence-electron chi connectivity index (χ4n) is 2.82. The fourth-order valence-corrected chi connectivity index (χ4v) is 3.75. The monoisotopic (exact) mass is 329 g/mol. The van der Waals surface area contributed by atoms with Gasteiger partial charge in [-0.15, -0.1) is 11.3 Å². The minimum Gasteiger partial charge on any atom is -0.372 e. The second-order valence-electron chi connectivity index (χ2n) is 6.04. The van der Waals surface area contributed by atoms with Gasteiger partial charge in [0.05, 0.1) is 10.7 Å². The Morgan fingerprint density at radius 2 is 1.91 bits per heavy atom. The maximum absolute atomic E-state index is 12.1. The van der Waals surface area contributed by atoms with Gasteiger partial charge in [-0.25, -0.2) is 4.98 Å². The van der Waals surface area contributed by atoms with Crippen LogP contribution in [-0.4, -0.2) is 24.0 Å². The summed E-state index contributed by atoms with van der Waals surface area (Å²) in [5.74, 6) is 0.0458. The van der Waals surface area contributed by atoms with Crippen molar-refractivity contribution >= 4 is 28.6 Å². The summed E-state index contributed by atoms with van der Waals surface area (Å²) < 4.78 is 0. The van der Waals surface area contributed by atoms with Crippen LogP contribution in [0.5, 0.6) is 0 Å². The molecule has 0 atom stereocenters. The maximum atomic E-state index is 12.1. The SMILES string of the molecule is Cc1nc(CCC(=O)Nc2ccc(N3CCCC3)cc2)sc1C. The van der Waals surface area contributed by atoms with Gasteiger partial charge in [0, 0.05) is 42.2 Å². The van der Waals surface area contributed by atoms with Gasteiger partial charge >= 0.3 is 0 Å². The predicted molar refractivity (Wildman–Crippen MR) is 96.4 cm³/mol. The third kappa shape index (κ3) is 4.10. The number of nitrogens with zero attached hydrogens (tertiary/aromatic N) is 2. The molecule has 2 aromatic rings. The molecule has 1 aromatic carbocycles. The van der Waals surface area contributed by atoms with Crippen LogP contribution in [-0.2, 0) is 11.2 Å². The Labute approximate surface area is 141 Å². The fraction of sp³-hybridized carbons (Fsp3) is 0.444. The number of carbonyl (C=O) groups is 1. The number of anilines is 2. The van der Waals surface area contributed by atoms with Crippen LogP contribution in [0.4, 0.5) is 11.4 Å². The molecule has 0 spiro atoms. The Morgan fingerprint density at radius 3 is 2.52 bits per heavy atom. The molecule has 1 aromatic heterocycles. The van der Waals surface area contributed by atoms with Crippen LogP contribution < -0.4 is 10.2 Å². The summed E-state index contributed by atoms with van der Waals surface area (Å²) >= 11 is 1.68. The van der Waals surface area contributed by atoms with Gasteiger partial charge in [0.15, 0.2) is 0 Å². The molecule has 0 aliphatic carbocycles. The molecule has 1 N–H and O–H groups in total. The number of carbonyl (C=O) groups excluding carboxylic acids is 1. The van der Waals surface area contributed by atoms with E-state index in [1.807, 2.05) is 19.1 Å². The largest absolute Gasteiger partial charge is 0.372 e. The number of amides is 1. The Bertz CT molecular complexity index is 653. The van der Waals surface area contributed by atoms with Crippen LogP contribution >= 0.6 is 11.3 Å². The molecule has 3 rings (SSSR count). The average Bonchev–Trinajstić information content (AvgIpc) is 3.17. The number of thiazole rings is 1. The second kappa shape index (κ2) is 7.13. The lowest BCUT2D eigenvalue weighted by molar-refractivity contribution is -0.116. The summed E-state index contributed by atoms with van der Waals surface area (Å²) in [6.45, 7) is 6.35. The van der Waals surface area contributed by atoms with Crippen molar-refractivity contribution < 1.29 is 4.79 Å². The number of aromatic nitrogens is 1. The molecule has 2 heterocycles. The molecule has 0 unspecified atom stereocenters. The first-order valence-corrected chi connectivity index (χ1v) is 9.01. The normalized spacial score (nSPS) is 14.3. The Balaban J connectivity index is 1.51. The van der Waals surface area contributed by atoms with Gasteiger partial charge in [0.25, 0.3) is 0 Å². The Hall–Kier alpha value is -1.88. The van der Waals surface area contributed by atoms with E-state index in [1.54, 1.807) is 11.3 Å². The van der Waals surface area contributed by atoms with E-state index < -0.39 is 0 Å². The first-order chi connectivity index (χ1) is 11.1. The molecule has 1 fully saturated rings. The van der Waals surface area contributed by atoms with Crippen LogP contribution in [0.15, 0.2) is 24.3 Å². The van der Waals surface area contributed by atoms with Gasteiger partial charge in [0.1, 0.15) is 0 Å². The minimum atomic E-state index is 0.0458. The molecule has 0 saturated carbocycles. The quantitative estimate of drug-likeness (QED) is 0.904. The van der Waals surface area contributed by atoms with E-state index in [1.165, 1.54) is 23.4 Å². The van der Waals surface area contributed by atoms with Gasteiger partial charge < -0.3 is 10.2 Å². The molecule has 23 heavy (non-hydrogen) atoms. The Kier molecular flexibility index (Phi) is 4.96. The van der Waals surface area contributed by atoms with Crippen molar-refractivity contribution in [2.24, 2.45) is 0 Å². The zero-order valence-electron chi connectivity index (χ0n) is 13.8. The van der Waals surface area contributed by atoms with Crippen molar-refractivity contribution in [1.29, 1.82) is 0 Å². The standard InChI is InChI=1S/C18H23N3OS/c1-13-14(2)23-18(19-13)10-9-17(22)20-15-5-7-16(8-6-15)21-11-3-4-12-21/h5-8H,3-4,9-12H2,1-2H3,(H,20,22). The smallest absolute Gasteiger partial charge is 0.224 e. The van der Waals surface area contributed by atoms with E-state index in [-0.39, 0.29) is 5.91 Å². The third-order valence-corrected chi connectivity index (χ3v) is 5.39. The van der Waals surface area contributed by atoms with E-state index >= 15 is 0 Å². The number of aryl methyl sites for hydroxylation is 3. The summed E-state index contributed by atoms with van der Waals surface area (Å²) in [5, 5.41) is 4.01. The average molecular weight is 329 g/mol. The van der Waals surface area contributed by atoms with Crippen molar-refractivity contribution in [2.45, 2.75) is 39.5 Å². The topological polar surface area (TPSA) is 45.2 Å². The molecular weight excluding hydrogens is 306 g/mol. The highest BCUT2D eigenvalue weighted by Crippen LogP contribution is 2.22. The number of nitrogens with one attached hydrogen (secondary N) is 1. The molecule has 0 radical (unpaired) electrons. The molecule has 4 nitrogen and oxygen atoms in total. The summed E-state index contributed by atoms with van der Waals surface area (Å²) in [5.41, 5.74) is 3.18. The second-order valence-corrected chi connectivity index (χ2v) is 7.33. The highest BCUT2D eigenvalue weighted by molar-refractivity contribution is 7.11. The predicted octanol–water partition coefficient (Wildman–Crippen LogP) is 3.93. The van der Waals surface area contributed by atoms with Crippen molar-refractivity contribution in [1.82, 2.24) is 4.98 Å². The highest BCUT2D eigenvalue weighted by Gasteiger charge is 2.12. The van der Waals surface area contributed by atoms with Gasteiger partial charge in [-0.2, -0.15) is 0 Å². The van der Waals surface area contributed by atoms with Crippen LogP contribution in [0, 0.1) is 13.8 Å². The Morgan fingerprint density at radius 1 is 1.22 bits per heavy atom. The number of hydrogen-bond acceptors (Lipinski definition) is 4. The zero-order chi connectivity index (χ0) is 16.2. The number of hydrogen-bond donors (Lipinski definition) is 1. The van der Waals surface area contributed by atoms with Crippen LogP contribution in [0.2, 0.25) is 0 Å². The van der Waals surface area contributed by atoms with E-state index in [0.29, 0.717) is 12.8 Å². The van der Waals surface area contributed by atoms with Gasteiger partial charge in [-0.05, 0) is 51.0 Å². The maximum Gasteiger partial charge on any atom is 0.224 e. The summed E-state index contributed by atoms with van der Waals surface area (Å²) in [4.78, 5) is 20.2. The molecule has 1 amide bonds. The molecule has 5 heteroatoms. The van der Waals surface area contributed by atoms with Gasteiger partial charge in [-0.1, -0.05) is 0 Å². The van der Waals surface area contributed by atoms with Crippen molar-refractivity contribution in [3.8, 4) is 0 Å². The van der Waals surface area contributed by atoms with Crippen molar-refractivity contribution in [3.05, 3.63) is 39.8 Å².